The van der Waals surface area contributed by atoms with Crippen LogP contribution in [0.1, 0.15) is 13.8 Å². The molecule has 0 unspecified atom stereocenters. The first-order chi connectivity index (χ1) is 14.0. The molecule has 2 atom stereocenters. The average Bonchev–Trinajstić information content (AvgIpc) is 3.09. The van der Waals surface area contributed by atoms with Gasteiger partial charge in [-0.25, -0.2) is 9.78 Å². The van der Waals surface area contributed by atoms with Gasteiger partial charge in [-0.05, 0) is 38.1 Å². The van der Waals surface area contributed by atoms with Gasteiger partial charge < -0.3 is 19.0 Å². The number of halogens is 1. The van der Waals surface area contributed by atoms with E-state index in [0.717, 1.165) is 24.2 Å². The molecule has 1 saturated heterocycles. The molecule has 6 nitrogen and oxygen atoms in total. The second-order valence-corrected chi connectivity index (χ2v) is 8.22. The lowest BCUT2D eigenvalue weighted by molar-refractivity contribution is 0.407. The number of hydrogen-bond donors (Lipinski definition) is 1. The zero-order valence-corrected chi connectivity index (χ0v) is 17.0. The van der Waals surface area contributed by atoms with E-state index in [0.29, 0.717) is 39.6 Å². The highest BCUT2D eigenvalue weighted by Crippen LogP contribution is 2.26. The maximum Gasteiger partial charge on any atom is 0.345 e. The van der Waals surface area contributed by atoms with Gasteiger partial charge in [-0.15, -0.1) is 0 Å². The summed E-state index contributed by atoms with van der Waals surface area (Å²) >= 11 is 6.04. The van der Waals surface area contributed by atoms with Crippen LogP contribution in [0.3, 0.4) is 0 Å². The van der Waals surface area contributed by atoms with Gasteiger partial charge in [0, 0.05) is 65.8 Å². The summed E-state index contributed by atoms with van der Waals surface area (Å²) in [6.07, 6.45) is 3.63. The van der Waals surface area contributed by atoms with Gasteiger partial charge in [0.2, 0.25) is 0 Å². The van der Waals surface area contributed by atoms with Crippen LogP contribution < -0.4 is 15.8 Å². The molecule has 1 aromatic carbocycles. The molecule has 4 heterocycles. The SMILES string of the molecule is C[C@@H]1CN(c2ccc3cc(-c4cn5ccc(Cl)cc5n4)c(=O)oc3c2)C[C@H](C)N1. The lowest BCUT2D eigenvalue weighted by Crippen LogP contribution is -2.54. The minimum absolute atomic E-state index is 0.397. The Morgan fingerprint density at radius 3 is 2.72 bits per heavy atom. The number of nitrogens with one attached hydrogen (secondary N) is 1. The fourth-order valence-corrected chi connectivity index (χ4v) is 4.25. The molecule has 0 radical (unpaired) electrons. The summed E-state index contributed by atoms with van der Waals surface area (Å²) in [6.45, 7) is 6.19. The highest BCUT2D eigenvalue weighted by Gasteiger charge is 2.21. The van der Waals surface area contributed by atoms with Crippen molar-refractivity contribution in [2.45, 2.75) is 25.9 Å². The third-order valence-corrected chi connectivity index (χ3v) is 5.58. The molecule has 1 N–H and O–H groups in total. The van der Waals surface area contributed by atoms with E-state index in [9.17, 15) is 4.79 Å². The van der Waals surface area contributed by atoms with E-state index in [1.807, 2.05) is 35.0 Å². The summed E-state index contributed by atoms with van der Waals surface area (Å²) in [6, 6.07) is 12.2. The van der Waals surface area contributed by atoms with Gasteiger partial charge in [-0.2, -0.15) is 0 Å². The van der Waals surface area contributed by atoms with Gasteiger partial charge in [-0.3, -0.25) is 0 Å². The summed E-state index contributed by atoms with van der Waals surface area (Å²) in [5.41, 5.74) is 2.94. The predicted octanol–water partition coefficient (Wildman–Crippen LogP) is 3.95. The quantitative estimate of drug-likeness (QED) is 0.509. The molecule has 4 aromatic rings. The van der Waals surface area contributed by atoms with Crippen molar-refractivity contribution < 1.29 is 4.42 Å². The molecule has 1 aliphatic heterocycles. The number of benzene rings is 1. The van der Waals surface area contributed by atoms with Crippen molar-refractivity contribution in [2.24, 2.45) is 0 Å². The first-order valence-electron chi connectivity index (χ1n) is 9.70. The van der Waals surface area contributed by atoms with Crippen molar-refractivity contribution in [2.75, 3.05) is 18.0 Å². The highest BCUT2D eigenvalue weighted by atomic mass is 35.5. The molecule has 1 fully saturated rings. The van der Waals surface area contributed by atoms with Crippen molar-refractivity contribution in [3.8, 4) is 11.3 Å². The van der Waals surface area contributed by atoms with Gasteiger partial charge in [0.1, 0.15) is 11.2 Å². The molecule has 0 aliphatic carbocycles. The number of nitrogens with zero attached hydrogens (tertiary/aromatic N) is 3. The van der Waals surface area contributed by atoms with E-state index in [-0.39, 0.29) is 0 Å². The Hall–Kier alpha value is -2.83. The maximum atomic E-state index is 12.7. The van der Waals surface area contributed by atoms with E-state index >= 15 is 0 Å². The van der Waals surface area contributed by atoms with E-state index in [1.165, 1.54) is 0 Å². The Kier molecular flexibility index (Phi) is 4.33. The fraction of sp³-hybridized carbons (Fsp3) is 0.273. The summed E-state index contributed by atoms with van der Waals surface area (Å²) in [4.78, 5) is 19.6. The Morgan fingerprint density at radius 2 is 1.93 bits per heavy atom. The average molecular weight is 409 g/mol. The van der Waals surface area contributed by atoms with Crippen molar-refractivity contribution in [3.05, 3.63) is 64.2 Å². The van der Waals surface area contributed by atoms with E-state index in [1.54, 1.807) is 12.1 Å². The van der Waals surface area contributed by atoms with Crippen LogP contribution in [-0.2, 0) is 0 Å². The number of rotatable bonds is 2. The van der Waals surface area contributed by atoms with Gasteiger partial charge in [-0.1, -0.05) is 11.6 Å². The minimum Gasteiger partial charge on any atom is -0.422 e. The third-order valence-electron chi connectivity index (χ3n) is 5.34. The van der Waals surface area contributed by atoms with Crippen LogP contribution in [-0.4, -0.2) is 34.6 Å². The van der Waals surface area contributed by atoms with Crippen LogP contribution in [0, 0.1) is 0 Å². The van der Waals surface area contributed by atoms with Gasteiger partial charge in [0.25, 0.3) is 0 Å². The summed E-state index contributed by atoms with van der Waals surface area (Å²) in [5, 5.41) is 5.00. The highest BCUT2D eigenvalue weighted by molar-refractivity contribution is 6.30. The number of aromatic nitrogens is 2. The van der Waals surface area contributed by atoms with Crippen LogP contribution in [0.2, 0.25) is 5.02 Å². The minimum atomic E-state index is -0.397. The number of fused-ring (bicyclic) bond motifs is 2. The zero-order valence-electron chi connectivity index (χ0n) is 16.2. The standard InChI is InChI=1S/C22H21ClN4O2/c1-13-10-27(11-14(2)24-13)17-4-3-15-7-18(22(28)29-20(15)9-17)19-12-26-6-5-16(23)8-21(26)25-19/h3-9,12-14,24H,10-11H2,1-2H3/t13-,14+. The number of anilines is 1. The molecule has 0 saturated carbocycles. The molecular formula is C22H21ClN4O2. The number of imidazole rings is 1. The molecule has 5 rings (SSSR count). The van der Waals surface area contributed by atoms with Crippen molar-refractivity contribution in [1.82, 2.24) is 14.7 Å². The summed E-state index contributed by atoms with van der Waals surface area (Å²) in [7, 11) is 0. The maximum absolute atomic E-state index is 12.7. The Labute approximate surface area is 172 Å². The lowest BCUT2D eigenvalue weighted by atomic mass is 10.1. The normalized spacial score (nSPS) is 19.9. The monoisotopic (exact) mass is 408 g/mol. The van der Waals surface area contributed by atoms with Gasteiger partial charge in [0.15, 0.2) is 0 Å². The van der Waals surface area contributed by atoms with E-state index in [4.69, 9.17) is 16.0 Å². The van der Waals surface area contributed by atoms with Crippen LogP contribution in [0.15, 0.2) is 58.0 Å². The molecule has 0 bridgehead atoms. The second-order valence-electron chi connectivity index (χ2n) is 7.78. The van der Waals surface area contributed by atoms with Crippen molar-refractivity contribution in [3.63, 3.8) is 0 Å². The van der Waals surface area contributed by atoms with Crippen LogP contribution in [0.5, 0.6) is 0 Å². The second kappa shape index (κ2) is 6.90. The molecular weight excluding hydrogens is 388 g/mol. The molecule has 29 heavy (non-hydrogen) atoms. The molecule has 3 aromatic heterocycles. The third kappa shape index (κ3) is 3.39. The molecule has 0 spiro atoms. The van der Waals surface area contributed by atoms with Crippen molar-refractivity contribution in [1.29, 1.82) is 0 Å². The number of pyridine rings is 1. The van der Waals surface area contributed by atoms with Crippen LogP contribution in [0.25, 0.3) is 27.9 Å². The smallest absolute Gasteiger partial charge is 0.345 e. The van der Waals surface area contributed by atoms with Gasteiger partial charge in [0.05, 0.1) is 11.3 Å². The Balaban J connectivity index is 1.55. The molecule has 1 aliphatic rings. The number of hydrogen-bond acceptors (Lipinski definition) is 5. The predicted molar refractivity (Wildman–Crippen MR) is 116 cm³/mol. The van der Waals surface area contributed by atoms with E-state index in [2.05, 4.69) is 35.1 Å². The Bertz CT molecular complexity index is 1270. The fourth-order valence-electron chi connectivity index (χ4n) is 4.10. The van der Waals surface area contributed by atoms with Crippen LogP contribution >= 0.6 is 11.6 Å². The summed E-state index contributed by atoms with van der Waals surface area (Å²) in [5.74, 6) is 0. The lowest BCUT2D eigenvalue weighted by Gasteiger charge is -2.37. The van der Waals surface area contributed by atoms with E-state index < -0.39 is 5.63 Å². The first-order valence-corrected chi connectivity index (χ1v) is 10.1. The van der Waals surface area contributed by atoms with Crippen LogP contribution in [0.4, 0.5) is 5.69 Å². The topological polar surface area (TPSA) is 62.8 Å². The van der Waals surface area contributed by atoms with Crippen molar-refractivity contribution >= 4 is 33.9 Å². The number of piperazine rings is 1. The zero-order chi connectivity index (χ0) is 20.1. The molecule has 148 valence electrons. The molecule has 7 heteroatoms. The molecule has 0 amide bonds. The largest absolute Gasteiger partial charge is 0.422 e. The van der Waals surface area contributed by atoms with Gasteiger partial charge >= 0.3 is 5.63 Å². The Morgan fingerprint density at radius 1 is 1.14 bits per heavy atom. The first kappa shape index (κ1) is 18.2. The summed E-state index contributed by atoms with van der Waals surface area (Å²) < 4.78 is 7.51.